The highest BCUT2D eigenvalue weighted by atomic mass is 32.2. The number of primary amides is 1. The lowest BCUT2D eigenvalue weighted by Crippen LogP contribution is -2.37. The van der Waals surface area contributed by atoms with E-state index in [1.54, 1.807) is 42.2 Å². The first-order chi connectivity index (χ1) is 11.3. The molecule has 0 spiro atoms. The first-order valence-electron chi connectivity index (χ1n) is 7.21. The Morgan fingerprint density at radius 3 is 2.71 bits per heavy atom. The maximum atomic E-state index is 12.9. The zero-order chi connectivity index (χ0) is 17.9. The van der Waals surface area contributed by atoms with Gasteiger partial charge in [0.1, 0.15) is 10.6 Å². The van der Waals surface area contributed by atoms with E-state index in [9.17, 15) is 13.2 Å². The van der Waals surface area contributed by atoms with Crippen molar-refractivity contribution in [2.75, 3.05) is 14.2 Å². The normalized spacial score (nSPS) is 13.0. The number of aromatic nitrogens is 2. The molecule has 9 heteroatoms. The van der Waals surface area contributed by atoms with Crippen molar-refractivity contribution in [3.63, 3.8) is 0 Å². The van der Waals surface area contributed by atoms with Crippen molar-refractivity contribution in [2.24, 2.45) is 5.73 Å². The van der Waals surface area contributed by atoms with Crippen LogP contribution in [0.1, 0.15) is 13.3 Å². The van der Waals surface area contributed by atoms with Crippen LogP contribution in [0.4, 0.5) is 0 Å². The second-order valence-electron chi connectivity index (χ2n) is 5.33. The molecule has 0 aliphatic rings. The molecule has 0 radical (unpaired) electrons. The van der Waals surface area contributed by atoms with Gasteiger partial charge in [-0.1, -0.05) is 0 Å². The highest BCUT2D eigenvalue weighted by Gasteiger charge is 2.29. The number of nitrogens with zero attached hydrogens (tertiary/aromatic N) is 3. The van der Waals surface area contributed by atoms with E-state index in [2.05, 4.69) is 5.10 Å². The number of hydrogen-bond donors (Lipinski definition) is 1. The van der Waals surface area contributed by atoms with E-state index in [1.807, 2.05) is 0 Å². The number of ether oxygens (including phenoxy) is 1. The molecule has 0 fully saturated rings. The van der Waals surface area contributed by atoms with Gasteiger partial charge >= 0.3 is 0 Å². The van der Waals surface area contributed by atoms with E-state index in [0.29, 0.717) is 5.69 Å². The van der Waals surface area contributed by atoms with Crippen molar-refractivity contribution in [2.45, 2.75) is 24.3 Å². The predicted octanol–water partition coefficient (Wildman–Crippen LogP) is 0.765. The summed E-state index contributed by atoms with van der Waals surface area (Å²) in [5, 5.41) is 4.09. The summed E-state index contributed by atoms with van der Waals surface area (Å²) >= 11 is 0. The molecule has 0 bridgehead atoms. The van der Waals surface area contributed by atoms with Crippen molar-refractivity contribution < 1.29 is 17.9 Å². The fraction of sp³-hybridized carbons (Fsp3) is 0.333. The van der Waals surface area contributed by atoms with Crippen molar-refractivity contribution in [3.05, 3.63) is 36.7 Å². The summed E-state index contributed by atoms with van der Waals surface area (Å²) in [5.41, 5.74) is 5.74. The number of amides is 1. The quantitative estimate of drug-likeness (QED) is 0.792. The van der Waals surface area contributed by atoms with Gasteiger partial charge in [-0.15, -0.1) is 0 Å². The lowest BCUT2D eigenvalue weighted by Gasteiger charge is -2.24. The molecule has 1 unspecified atom stereocenters. The fourth-order valence-corrected chi connectivity index (χ4v) is 3.78. The number of rotatable bonds is 7. The number of benzene rings is 1. The molecule has 1 amide bonds. The van der Waals surface area contributed by atoms with E-state index >= 15 is 0 Å². The molecule has 0 aliphatic carbocycles. The molecule has 1 aromatic heterocycles. The van der Waals surface area contributed by atoms with Gasteiger partial charge in [0.15, 0.2) is 0 Å². The minimum Gasteiger partial charge on any atom is -0.495 e. The Bertz CT molecular complexity index is 818. The van der Waals surface area contributed by atoms with Crippen LogP contribution in [0.2, 0.25) is 0 Å². The van der Waals surface area contributed by atoms with Crippen molar-refractivity contribution >= 4 is 15.9 Å². The first-order valence-corrected chi connectivity index (χ1v) is 8.65. The van der Waals surface area contributed by atoms with Gasteiger partial charge in [0, 0.05) is 31.9 Å². The van der Waals surface area contributed by atoms with Gasteiger partial charge < -0.3 is 10.5 Å². The Labute approximate surface area is 140 Å². The van der Waals surface area contributed by atoms with Crippen LogP contribution in [0, 0.1) is 0 Å². The Kier molecular flexibility index (Phi) is 5.25. The van der Waals surface area contributed by atoms with Crippen molar-refractivity contribution in [1.29, 1.82) is 0 Å². The third-order valence-electron chi connectivity index (χ3n) is 3.69. The molecule has 24 heavy (non-hydrogen) atoms. The summed E-state index contributed by atoms with van der Waals surface area (Å²) < 4.78 is 33.7. The van der Waals surface area contributed by atoms with Gasteiger partial charge in [0.2, 0.25) is 15.9 Å². The number of sulfonamides is 1. The summed E-state index contributed by atoms with van der Waals surface area (Å²) in [6, 6.07) is 5.91. The second-order valence-corrected chi connectivity index (χ2v) is 7.29. The Morgan fingerprint density at radius 1 is 1.46 bits per heavy atom. The molecule has 8 nitrogen and oxygen atoms in total. The zero-order valence-corrected chi connectivity index (χ0v) is 14.5. The Morgan fingerprint density at radius 2 is 2.17 bits per heavy atom. The average molecular weight is 352 g/mol. The number of methoxy groups -OCH3 is 1. The van der Waals surface area contributed by atoms with Gasteiger partial charge in [-0.3, -0.25) is 4.79 Å². The first kappa shape index (κ1) is 18.0. The minimum absolute atomic E-state index is 0.00294. The standard InChI is InChI=1S/C15H20N4O4S/c1-11(9-15(16)20)18(2)24(21,22)14-10-12(5-6-13(14)23-3)19-8-4-7-17-19/h4-8,10-11H,9H2,1-3H3,(H2,16,20). The summed E-state index contributed by atoms with van der Waals surface area (Å²) in [6.45, 7) is 1.62. The van der Waals surface area contributed by atoms with Gasteiger partial charge in [-0.25, -0.2) is 13.1 Å². The maximum Gasteiger partial charge on any atom is 0.246 e. The molecule has 2 aromatic rings. The summed E-state index contributed by atoms with van der Waals surface area (Å²) in [5.74, 6) is -0.356. The molecule has 2 rings (SSSR count). The van der Waals surface area contributed by atoms with Gasteiger partial charge in [0.25, 0.3) is 0 Å². The molecule has 0 saturated carbocycles. The van der Waals surface area contributed by atoms with E-state index in [-0.39, 0.29) is 17.1 Å². The number of carbonyl (C=O) groups is 1. The van der Waals surface area contributed by atoms with Crippen LogP contribution < -0.4 is 10.5 Å². The van der Waals surface area contributed by atoms with Crippen LogP contribution >= 0.6 is 0 Å². The van der Waals surface area contributed by atoms with E-state index in [0.717, 1.165) is 4.31 Å². The molecular formula is C15H20N4O4S. The van der Waals surface area contributed by atoms with Crippen LogP contribution in [0.15, 0.2) is 41.6 Å². The number of hydrogen-bond acceptors (Lipinski definition) is 5. The molecular weight excluding hydrogens is 332 g/mol. The fourth-order valence-electron chi connectivity index (χ4n) is 2.24. The van der Waals surface area contributed by atoms with Gasteiger partial charge in [-0.05, 0) is 31.2 Å². The van der Waals surface area contributed by atoms with Crippen LogP contribution in [0.3, 0.4) is 0 Å². The van der Waals surface area contributed by atoms with E-state index in [4.69, 9.17) is 10.5 Å². The van der Waals surface area contributed by atoms with Crippen LogP contribution in [-0.2, 0) is 14.8 Å². The lowest BCUT2D eigenvalue weighted by atomic mass is 10.2. The third-order valence-corrected chi connectivity index (χ3v) is 5.68. The van der Waals surface area contributed by atoms with Gasteiger partial charge in [-0.2, -0.15) is 9.40 Å². The summed E-state index contributed by atoms with van der Waals surface area (Å²) in [6.07, 6.45) is 3.23. The maximum absolute atomic E-state index is 12.9. The highest BCUT2D eigenvalue weighted by Crippen LogP contribution is 2.29. The third kappa shape index (κ3) is 3.57. The van der Waals surface area contributed by atoms with E-state index in [1.165, 1.54) is 20.2 Å². The predicted molar refractivity (Wildman–Crippen MR) is 88.3 cm³/mol. The van der Waals surface area contributed by atoms with Crippen molar-refractivity contribution in [3.8, 4) is 11.4 Å². The Balaban J connectivity index is 2.48. The molecule has 130 valence electrons. The lowest BCUT2D eigenvalue weighted by molar-refractivity contribution is -0.118. The Hall–Kier alpha value is -2.39. The second kappa shape index (κ2) is 7.02. The van der Waals surface area contributed by atoms with Crippen LogP contribution in [-0.4, -0.2) is 48.6 Å². The monoisotopic (exact) mass is 352 g/mol. The number of nitrogens with two attached hydrogens (primary N) is 1. The number of carbonyl (C=O) groups excluding carboxylic acids is 1. The molecule has 1 atom stereocenters. The molecule has 1 heterocycles. The molecule has 1 aromatic carbocycles. The average Bonchev–Trinajstić information content (AvgIpc) is 3.07. The SMILES string of the molecule is COc1ccc(-n2cccn2)cc1S(=O)(=O)N(C)C(C)CC(N)=O. The van der Waals surface area contributed by atoms with Crippen molar-refractivity contribution in [1.82, 2.24) is 14.1 Å². The van der Waals surface area contributed by atoms with Crippen LogP contribution in [0.5, 0.6) is 5.75 Å². The summed E-state index contributed by atoms with van der Waals surface area (Å²) in [4.78, 5) is 11.1. The zero-order valence-electron chi connectivity index (χ0n) is 13.7. The summed E-state index contributed by atoms with van der Waals surface area (Å²) in [7, 11) is -1.08. The van der Waals surface area contributed by atoms with E-state index < -0.39 is 22.0 Å². The smallest absolute Gasteiger partial charge is 0.246 e. The topological polar surface area (TPSA) is 108 Å². The van der Waals surface area contributed by atoms with Crippen LogP contribution in [0.25, 0.3) is 5.69 Å². The molecule has 2 N–H and O–H groups in total. The van der Waals surface area contributed by atoms with Gasteiger partial charge in [0.05, 0.1) is 12.8 Å². The minimum atomic E-state index is -3.88. The highest BCUT2D eigenvalue weighted by molar-refractivity contribution is 7.89. The molecule has 0 saturated heterocycles. The largest absolute Gasteiger partial charge is 0.495 e. The molecule has 0 aliphatic heterocycles.